The molecule has 0 aliphatic heterocycles. The molecule has 4 nitrogen and oxygen atoms in total. The molecule has 3 aromatic carbocycles. The summed E-state index contributed by atoms with van der Waals surface area (Å²) in [6.07, 6.45) is 0.166. The van der Waals surface area contributed by atoms with Gasteiger partial charge in [0.15, 0.2) is 5.13 Å². The van der Waals surface area contributed by atoms with Crippen molar-refractivity contribution in [1.29, 1.82) is 0 Å². The largest absolute Gasteiger partial charge is 0.494 e. The summed E-state index contributed by atoms with van der Waals surface area (Å²) in [4.78, 5) is 19.7. The van der Waals surface area contributed by atoms with Gasteiger partial charge in [-0.2, -0.15) is 0 Å². The van der Waals surface area contributed by atoms with Crippen molar-refractivity contribution >= 4 is 32.6 Å². The van der Waals surface area contributed by atoms with E-state index < -0.39 is 0 Å². The van der Waals surface area contributed by atoms with E-state index in [0.29, 0.717) is 17.4 Å². The Kier molecular flexibility index (Phi) is 5.77. The first-order valence-corrected chi connectivity index (χ1v) is 10.4. The average Bonchev–Trinajstić information content (AvgIpc) is 3.21. The number of halogens is 1. The Morgan fingerprint density at radius 3 is 2.47 bits per heavy atom. The number of nitrogens with zero attached hydrogens (tertiary/aromatic N) is 2. The molecule has 0 saturated heterocycles. The molecule has 0 aliphatic carbocycles. The van der Waals surface area contributed by atoms with E-state index in [9.17, 15) is 9.18 Å². The van der Waals surface area contributed by atoms with Crippen LogP contribution in [0.3, 0.4) is 0 Å². The van der Waals surface area contributed by atoms with Crippen molar-refractivity contribution in [2.45, 2.75) is 19.9 Å². The minimum Gasteiger partial charge on any atom is -0.494 e. The lowest BCUT2D eigenvalue weighted by atomic mass is 10.1. The molecule has 0 N–H and O–H groups in total. The summed E-state index contributed by atoms with van der Waals surface area (Å²) >= 11 is 1.48. The second kappa shape index (κ2) is 8.63. The van der Waals surface area contributed by atoms with E-state index in [1.807, 2.05) is 49.4 Å². The molecule has 30 heavy (non-hydrogen) atoms. The van der Waals surface area contributed by atoms with Gasteiger partial charge in [0.05, 0.1) is 24.8 Å². The van der Waals surface area contributed by atoms with E-state index in [1.54, 1.807) is 24.1 Å². The Labute approximate surface area is 178 Å². The third-order valence-electron chi connectivity index (χ3n) is 4.90. The lowest BCUT2D eigenvalue weighted by molar-refractivity contribution is -0.118. The minimum absolute atomic E-state index is 0.0962. The van der Waals surface area contributed by atoms with Crippen LogP contribution in [0.15, 0.2) is 66.7 Å². The first kappa shape index (κ1) is 20.0. The van der Waals surface area contributed by atoms with Gasteiger partial charge < -0.3 is 4.74 Å². The predicted octanol–water partition coefficient (Wildman–Crippen LogP) is 5.53. The maximum atomic E-state index is 13.3. The van der Waals surface area contributed by atoms with Crippen LogP contribution in [0, 0.1) is 12.7 Å². The molecule has 1 heterocycles. The number of amides is 1. The summed E-state index contributed by atoms with van der Waals surface area (Å²) in [5.41, 5.74) is 3.60. The number of fused-ring (bicyclic) bond motifs is 1. The van der Waals surface area contributed by atoms with E-state index in [4.69, 9.17) is 9.72 Å². The topological polar surface area (TPSA) is 42.4 Å². The molecule has 4 rings (SSSR count). The van der Waals surface area contributed by atoms with Crippen LogP contribution in [0.5, 0.6) is 5.75 Å². The van der Waals surface area contributed by atoms with E-state index >= 15 is 0 Å². The van der Waals surface area contributed by atoms with Gasteiger partial charge in [-0.25, -0.2) is 9.37 Å². The van der Waals surface area contributed by atoms with Gasteiger partial charge >= 0.3 is 0 Å². The Balaban J connectivity index is 1.73. The number of anilines is 1. The van der Waals surface area contributed by atoms with Gasteiger partial charge in [-0.05, 0) is 41.8 Å². The lowest BCUT2D eigenvalue weighted by Crippen LogP contribution is -2.31. The number of rotatable bonds is 6. The van der Waals surface area contributed by atoms with Crippen molar-refractivity contribution in [3.63, 3.8) is 0 Å². The van der Waals surface area contributed by atoms with Gasteiger partial charge in [0.25, 0.3) is 0 Å². The number of hydrogen-bond donors (Lipinski definition) is 0. The van der Waals surface area contributed by atoms with Gasteiger partial charge in [-0.15, -0.1) is 0 Å². The third kappa shape index (κ3) is 4.19. The van der Waals surface area contributed by atoms with Crippen LogP contribution in [0.2, 0.25) is 0 Å². The zero-order chi connectivity index (χ0) is 21.1. The molecule has 6 heteroatoms. The van der Waals surface area contributed by atoms with Crippen molar-refractivity contribution in [3.8, 4) is 5.75 Å². The Hall–Kier alpha value is -3.25. The first-order valence-electron chi connectivity index (χ1n) is 9.58. The fourth-order valence-electron chi connectivity index (χ4n) is 3.28. The molecule has 0 bridgehead atoms. The summed E-state index contributed by atoms with van der Waals surface area (Å²) in [6, 6.07) is 19.7. The monoisotopic (exact) mass is 420 g/mol. The molecule has 0 spiro atoms. The molecule has 0 radical (unpaired) electrons. The number of methoxy groups -OCH3 is 1. The standard InChI is InChI=1S/C24H21FN2O2S/c1-16-8-13-20(29-2)22-23(16)30-24(26-22)27(15-18-6-4-3-5-7-18)21(28)14-17-9-11-19(25)12-10-17/h3-13H,14-15H2,1-2H3. The van der Waals surface area contributed by atoms with Crippen molar-refractivity contribution in [2.24, 2.45) is 0 Å². The second-order valence-electron chi connectivity index (χ2n) is 7.03. The molecular formula is C24H21FN2O2S. The lowest BCUT2D eigenvalue weighted by Gasteiger charge is -2.20. The van der Waals surface area contributed by atoms with Crippen LogP contribution >= 0.6 is 11.3 Å². The summed E-state index contributed by atoms with van der Waals surface area (Å²) in [5.74, 6) is 0.269. The molecule has 0 atom stereocenters. The zero-order valence-electron chi connectivity index (χ0n) is 16.8. The Morgan fingerprint density at radius 2 is 1.77 bits per heavy atom. The van der Waals surface area contributed by atoms with Gasteiger partial charge in [0.1, 0.15) is 17.1 Å². The molecule has 1 aromatic heterocycles. The first-order chi connectivity index (χ1) is 14.5. The van der Waals surface area contributed by atoms with E-state index in [2.05, 4.69) is 0 Å². The van der Waals surface area contributed by atoms with Crippen LogP contribution in [0.1, 0.15) is 16.7 Å². The van der Waals surface area contributed by atoms with E-state index in [-0.39, 0.29) is 18.1 Å². The van der Waals surface area contributed by atoms with E-state index in [0.717, 1.165) is 26.9 Å². The normalized spacial score (nSPS) is 10.9. The van der Waals surface area contributed by atoms with Crippen LogP contribution < -0.4 is 9.64 Å². The van der Waals surface area contributed by atoms with Crippen molar-refractivity contribution in [1.82, 2.24) is 4.98 Å². The smallest absolute Gasteiger partial charge is 0.233 e. The second-order valence-corrected chi connectivity index (χ2v) is 8.01. The highest BCUT2D eigenvalue weighted by molar-refractivity contribution is 7.22. The van der Waals surface area contributed by atoms with Gasteiger partial charge in [0, 0.05) is 0 Å². The van der Waals surface area contributed by atoms with Crippen molar-refractivity contribution < 1.29 is 13.9 Å². The molecule has 152 valence electrons. The quantitative estimate of drug-likeness (QED) is 0.412. The zero-order valence-corrected chi connectivity index (χ0v) is 17.6. The number of thiazole rings is 1. The summed E-state index contributed by atoms with van der Waals surface area (Å²) in [7, 11) is 1.62. The summed E-state index contributed by atoms with van der Waals surface area (Å²) in [6.45, 7) is 2.42. The minimum atomic E-state index is -0.318. The highest BCUT2D eigenvalue weighted by Crippen LogP contribution is 2.37. The summed E-state index contributed by atoms with van der Waals surface area (Å²) in [5, 5.41) is 0.619. The number of hydrogen-bond acceptors (Lipinski definition) is 4. The molecule has 1 amide bonds. The number of carbonyl (C=O) groups excluding carboxylic acids is 1. The SMILES string of the molecule is COc1ccc(C)c2sc(N(Cc3ccccc3)C(=O)Cc3ccc(F)cc3)nc12. The van der Waals surface area contributed by atoms with Crippen molar-refractivity contribution in [3.05, 3.63) is 89.2 Å². The predicted molar refractivity (Wildman–Crippen MR) is 119 cm³/mol. The highest BCUT2D eigenvalue weighted by atomic mass is 32.1. The molecule has 0 unspecified atom stereocenters. The van der Waals surface area contributed by atoms with Crippen LogP contribution in [-0.4, -0.2) is 18.0 Å². The molecule has 0 fully saturated rings. The Morgan fingerprint density at radius 1 is 1.03 bits per heavy atom. The average molecular weight is 421 g/mol. The number of benzene rings is 3. The number of aryl methyl sites for hydroxylation is 1. The number of ether oxygens (including phenoxy) is 1. The number of aromatic nitrogens is 1. The number of carbonyl (C=O) groups is 1. The molecular weight excluding hydrogens is 399 g/mol. The maximum Gasteiger partial charge on any atom is 0.233 e. The fourth-order valence-corrected chi connectivity index (χ4v) is 4.35. The van der Waals surface area contributed by atoms with Gasteiger partial charge in [-0.1, -0.05) is 59.9 Å². The van der Waals surface area contributed by atoms with Gasteiger partial charge in [-0.3, -0.25) is 9.69 Å². The summed E-state index contributed by atoms with van der Waals surface area (Å²) < 4.78 is 19.7. The van der Waals surface area contributed by atoms with Crippen LogP contribution in [-0.2, 0) is 17.8 Å². The Bertz CT molecular complexity index is 1170. The van der Waals surface area contributed by atoms with Crippen LogP contribution in [0.4, 0.5) is 9.52 Å². The van der Waals surface area contributed by atoms with Gasteiger partial charge in [0.2, 0.25) is 5.91 Å². The fraction of sp³-hybridized carbons (Fsp3) is 0.167. The highest BCUT2D eigenvalue weighted by Gasteiger charge is 2.22. The molecule has 0 aliphatic rings. The van der Waals surface area contributed by atoms with Crippen LogP contribution in [0.25, 0.3) is 10.2 Å². The van der Waals surface area contributed by atoms with Crippen molar-refractivity contribution in [2.75, 3.05) is 12.0 Å². The van der Waals surface area contributed by atoms with E-state index in [1.165, 1.54) is 23.5 Å². The third-order valence-corrected chi connectivity index (χ3v) is 6.11. The molecule has 0 saturated carbocycles. The maximum absolute atomic E-state index is 13.3. The molecule has 4 aromatic rings.